The molecule has 0 aliphatic heterocycles. The van der Waals surface area contributed by atoms with Crippen LogP contribution in [0.5, 0.6) is 5.75 Å². The largest absolute Gasteiger partial charge is 0.483 e. The lowest BCUT2D eigenvalue weighted by Gasteiger charge is -2.07. The summed E-state index contributed by atoms with van der Waals surface area (Å²) in [4.78, 5) is 24.0. The zero-order valence-corrected chi connectivity index (χ0v) is 13.4. The average molecular weight is 335 g/mol. The Labute approximate surface area is 142 Å². The van der Waals surface area contributed by atoms with E-state index in [1.807, 2.05) is 54.6 Å². The fourth-order valence-corrected chi connectivity index (χ4v) is 3.08. The van der Waals surface area contributed by atoms with Gasteiger partial charge in [-0.15, -0.1) is 0 Å². The molecule has 0 bridgehead atoms. The van der Waals surface area contributed by atoms with E-state index < -0.39 is 0 Å². The molecule has 6 heteroatoms. The van der Waals surface area contributed by atoms with Crippen molar-refractivity contribution in [3.63, 3.8) is 0 Å². The van der Waals surface area contributed by atoms with Crippen LogP contribution < -0.4 is 4.74 Å². The third kappa shape index (κ3) is 2.96. The minimum atomic E-state index is -0.123. The van der Waals surface area contributed by atoms with Crippen LogP contribution in [-0.4, -0.2) is 26.7 Å². The molecule has 0 radical (unpaired) electrons. The lowest BCUT2D eigenvalue weighted by atomic mass is 10.2. The fourth-order valence-electron chi connectivity index (χ4n) is 2.44. The molecule has 2 aromatic carbocycles. The number of aromatic amines is 1. The highest BCUT2D eigenvalue weighted by Gasteiger charge is 2.11. The van der Waals surface area contributed by atoms with E-state index in [-0.39, 0.29) is 11.7 Å². The first-order valence-corrected chi connectivity index (χ1v) is 8.23. The Morgan fingerprint density at radius 2 is 1.96 bits per heavy atom. The van der Waals surface area contributed by atoms with Gasteiger partial charge < -0.3 is 9.72 Å². The van der Waals surface area contributed by atoms with E-state index in [0.717, 1.165) is 33.7 Å². The molecule has 2 aromatic heterocycles. The summed E-state index contributed by atoms with van der Waals surface area (Å²) in [6.07, 6.45) is 1.71. The van der Waals surface area contributed by atoms with E-state index in [4.69, 9.17) is 4.74 Å². The number of fused-ring (bicyclic) bond motifs is 2. The molecule has 0 saturated carbocycles. The lowest BCUT2D eigenvalue weighted by Crippen LogP contribution is -2.08. The topological polar surface area (TPSA) is 67.9 Å². The molecular weight excluding hydrogens is 322 g/mol. The standard InChI is InChI=1S/C18H13N3O2S/c22-16(24-18-20-13-7-1-2-8-14(13)21-18)11-23-15-9-3-5-12-6-4-10-19-17(12)15/h1-10H,11H2,(H,20,21). The predicted octanol–water partition coefficient (Wildman–Crippen LogP) is 3.81. The smallest absolute Gasteiger partial charge is 0.233 e. The van der Waals surface area contributed by atoms with Gasteiger partial charge in [0.25, 0.3) is 0 Å². The lowest BCUT2D eigenvalue weighted by molar-refractivity contribution is -0.112. The van der Waals surface area contributed by atoms with Crippen LogP contribution in [-0.2, 0) is 4.79 Å². The van der Waals surface area contributed by atoms with Crippen molar-refractivity contribution in [2.24, 2.45) is 0 Å². The second-order valence-electron chi connectivity index (χ2n) is 5.15. The third-order valence-corrected chi connectivity index (χ3v) is 4.25. The average Bonchev–Trinajstić information content (AvgIpc) is 3.02. The molecular formula is C18H13N3O2S. The number of aromatic nitrogens is 3. The molecule has 0 saturated heterocycles. The summed E-state index contributed by atoms with van der Waals surface area (Å²) in [6, 6.07) is 17.1. The first-order chi connectivity index (χ1) is 11.8. The summed E-state index contributed by atoms with van der Waals surface area (Å²) >= 11 is 1.04. The van der Waals surface area contributed by atoms with Gasteiger partial charge in [-0.1, -0.05) is 30.3 Å². The van der Waals surface area contributed by atoms with E-state index in [0.29, 0.717) is 10.9 Å². The highest BCUT2D eigenvalue weighted by Crippen LogP contribution is 2.24. The van der Waals surface area contributed by atoms with Crippen molar-refractivity contribution in [3.8, 4) is 5.75 Å². The number of benzene rings is 2. The number of hydrogen-bond acceptors (Lipinski definition) is 5. The van der Waals surface area contributed by atoms with Crippen LogP contribution in [0.3, 0.4) is 0 Å². The van der Waals surface area contributed by atoms with Crippen molar-refractivity contribution in [1.29, 1.82) is 0 Å². The van der Waals surface area contributed by atoms with Gasteiger partial charge in [0.1, 0.15) is 11.3 Å². The Balaban J connectivity index is 1.46. The van der Waals surface area contributed by atoms with Crippen molar-refractivity contribution in [2.45, 2.75) is 5.16 Å². The van der Waals surface area contributed by atoms with Gasteiger partial charge in [-0.25, -0.2) is 4.98 Å². The zero-order valence-electron chi connectivity index (χ0n) is 12.6. The van der Waals surface area contributed by atoms with E-state index in [2.05, 4.69) is 15.0 Å². The zero-order chi connectivity index (χ0) is 16.4. The molecule has 0 unspecified atom stereocenters. The number of ether oxygens (including phenoxy) is 1. The monoisotopic (exact) mass is 335 g/mol. The Kier molecular flexibility index (Phi) is 3.88. The Morgan fingerprint density at radius 3 is 2.88 bits per heavy atom. The van der Waals surface area contributed by atoms with Crippen molar-refractivity contribution in [3.05, 3.63) is 60.8 Å². The van der Waals surface area contributed by atoms with Crippen LogP contribution in [0.2, 0.25) is 0 Å². The summed E-state index contributed by atoms with van der Waals surface area (Å²) in [5.41, 5.74) is 2.50. The van der Waals surface area contributed by atoms with Crippen LogP contribution in [0.15, 0.2) is 66.0 Å². The number of para-hydroxylation sites is 3. The summed E-state index contributed by atoms with van der Waals surface area (Å²) in [6.45, 7) is -0.0442. The first-order valence-electron chi connectivity index (χ1n) is 7.41. The number of carbonyl (C=O) groups excluding carboxylic acids is 1. The molecule has 0 aliphatic rings. The Bertz CT molecular complexity index is 991. The molecule has 1 N–H and O–H groups in total. The SMILES string of the molecule is O=C(COc1cccc2cccnc12)Sc1nc2ccccc2[nH]1. The number of pyridine rings is 1. The van der Waals surface area contributed by atoms with Gasteiger partial charge in [-0.2, -0.15) is 0 Å². The predicted molar refractivity (Wildman–Crippen MR) is 94.2 cm³/mol. The summed E-state index contributed by atoms with van der Waals surface area (Å²) in [5, 5.41) is 1.43. The third-order valence-electron chi connectivity index (χ3n) is 3.52. The molecule has 0 spiro atoms. The van der Waals surface area contributed by atoms with Gasteiger partial charge in [0.05, 0.1) is 11.0 Å². The highest BCUT2D eigenvalue weighted by atomic mass is 32.2. The first kappa shape index (κ1) is 14.7. The number of hydrogen-bond donors (Lipinski definition) is 1. The van der Waals surface area contributed by atoms with Gasteiger partial charge in [0.15, 0.2) is 11.8 Å². The second-order valence-corrected chi connectivity index (χ2v) is 6.20. The maximum Gasteiger partial charge on any atom is 0.233 e. The van der Waals surface area contributed by atoms with E-state index in [1.54, 1.807) is 6.20 Å². The molecule has 0 atom stereocenters. The molecule has 0 amide bonds. The molecule has 2 heterocycles. The fraction of sp³-hybridized carbons (Fsp3) is 0.0556. The maximum atomic E-state index is 12.2. The number of imidazole rings is 1. The van der Waals surface area contributed by atoms with Crippen LogP contribution in [0.4, 0.5) is 0 Å². The highest BCUT2D eigenvalue weighted by molar-refractivity contribution is 8.13. The van der Waals surface area contributed by atoms with Gasteiger partial charge >= 0.3 is 0 Å². The van der Waals surface area contributed by atoms with Gasteiger partial charge in [-0.05, 0) is 36.0 Å². The summed E-state index contributed by atoms with van der Waals surface area (Å²) in [7, 11) is 0. The number of thioether (sulfide) groups is 1. The molecule has 0 fully saturated rings. The second kappa shape index (κ2) is 6.33. The van der Waals surface area contributed by atoms with Crippen molar-refractivity contribution in [2.75, 3.05) is 6.61 Å². The van der Waals surface area contributed by atoms with E-state index in [9.17, 15) is 4.79 Å². The summed E-state index contributed by atoms with van der Waals surface area (Å²) < 4.78 is 5.65. The molecule has 24 heavy (non-hydrogen) atoms. The van der Waals surface area contributed by atoms with E-state index >= 15 is 0 Å². The van der Waals surface area contributed by atoms with Crippen molar-refractivity contribution < 1.29 is 9.53 Å². The van der Waals surface area contributed by atoms with Crippen LogP contribution in [0, 0.1) is 0 Å². The van der Waals surface area contributed by atoms with Gasteiger partial charge in [-0.3, -0.25) is 9.78 Å². The molecule has 4 aromatic rings. The minimum absolute atomic E-state index is 0.0442. The van der Waals surface area contributed by atoms with Crippen LogP contribution in [0.25, 0.3) is 21.9 Å². The van der Waals surface area contributed by atoms with Crippen molar-refractivity contribution in [1.82, 2.24) is 15.0 Å². The maximum absolute atomic E-state index is 12.2. The van der Waals surface area contributed by atoms with E-state index in [1.165, 1.54) is 0 Å². The van der Waals surface area contributed by atoms with Crippen molar-refractivity contribution >= 4 is 38.8 Å². The van der Waals surface area contributed by atoms with Gasteiger partial charge in [0, 0.05) is 11.6 Å². The Hall–Kier alpha value is -2.86. The number of H-pyrrole nitrogens is 1. The molecule has 0 aliphatic carbocycles. The molecule has 118 valence electrons. The van der Waals surface area contributed by atoms with Crippen LogP contribution in [0.1, 0.15) is 0 Å². The van der Waals surface area contributed by atoms with Crippen LogP contribution >= 0.6 is 11.8 Å². The molecule has 5 nitrogen and oxygen atoms in total. The number of nitrogens with zero attached hydrogens (tertiary/aromatic N) is 2. The summed E-state index contributed by atoms with van der Waals surface area (Å²) in [5.74, 6) is 0.603. The number of carbonyl (C=O) groups is 1. The normalized spacial score (nSPS) is 11.0. The Morgan fingerprint density at radius 1 is 1.08 bits per heavy atom. The minimum Gasteiger partial charge on any atom is -0.483 e. The molecule has 4 rings (SSSR count). The number of rotatable bonds is 4. The quantitative estimate of drug-likeness (QED) is 0.574. The number of nitrogens with one attached hydrogen (secondary N) is 1. The van der Waals surface area contributed by atoms with Gasteiger partial charge in [0.2, 0.25) is 5.12 Å².